The number of ether oxygens (including phenoxy) is 1. The van der Waals surface area contributed by atoms with Crippen LogP contribution in [0, 0.1) is 6.92 Å². The zero-order valence-electron chi connectivity index (χ0n) is 17.8. The number of hydrogen-bond acceptors (Lipinski definition) is 5. The predicted molar refractivity (Wildman–Crippen MR) is 125 cm³/mol. The van der Waals surface area contributed by atoms with Crippen LogP contribution in [0.3, 0.4) is 0 Å². The highest BCUT2D eigenvalue weighted by Gasteiger charge is 2.24. The van der Waals surface area contributed by atoms with Gasteiger partial charge in [-0.2, -0.15) is 0 Å². The average molecular weight is 444 g/mol. The maximum Gasteiger partial charge on any atom is 0.271 e. The number of aromatic nitrogens is 4. The highest BCUT2D eigenvalue weighted by Crippen LogP contribution is 2.31. The van der Waals surface area contributed by atoms with Crippen molar-refractivity contribution in [1.29, 1.82) is 0 Å². The predicted octanol–water partition coefficient (Wildman–Crippen LogP) is 4.52. The molecule has 1 aliphatic heterocycles. The van der Waals surface area contributed by atoms with Crippen molar-refractivity contribution in [2.45, 2.75) is 13.5 Å². The first kappa shape index (κ1) is 19.1. The molecule has 8 heteroatoms. The number of hydrogen-bond donors (Lipinski definition) is 1. The molecule has 4 heterocycles. The van der Waals surface area contributed by atoms with Crippen LogP contribution in [0.1, 0.15) is 21.9 Å². The monoisotopic (exact) mass is 443 g/mol. The van der Waals surface area contributed by atoms with Crippen molar-refractivity contribution in [3.05, 3.63) is 65.1 Å². The second-order valence-corrected chi connectivity index (χ2v) is 8.97. The molecule has 0 radical (unpaired) electrons. The number of nitrogens with zero attached hydrogens (tertiary/aromatic N) is 4. The molecule has 0 atom stereocenters. The number of nitrogens with one attached hydrogen (secondary N) is 1. The molecule has 32 heavy (non-hydrogen) atoms. The van der Waals surface area contributed by atoms with E-state index in [-0.39, 0.29) is 5.91 Å². The maximum atomic E-state index is 13.4. The number of rotatable bonds is 2. The van der Waals surface area contributed by atoms with Crippen molar-refractivity contribution < 1.29 is 9.53 Å². The lowest BCUT2D eigenvalue weighted by atomic mass is 10.0. The number of H-pyrrole nitrogens is 1. The molecule has 3 aromatic heterocycles. The van der Waals surface area contributed by atoms with Gasteiger partial charge in [-0.3, -0.25) is 4.79 Å². The molecule has 1 aliphatic rings. The lowest BCUT2D eigenvalue weighted by molar-refractivity contribution is 0.0724. The van der Waals surface area contributed by atoms with Crippen LogP contribution in [-0.4, -0.2) is 43.5 Å². The number of aromatic amines is 1. The van der Waals surface area contributed by atoms with Crippen molar-refractivity contribution in [3.8, 4) is 16.9 Å². The summed E-state index contributed by atoms with van der Waals surface area (Å²) in [5.41, 5.74) is 8.45. The maximum absolute atomic E-state index is 13.4. The first-order valence-corrected chi connectivity index (χ1v) is 11.4. The zero-order valence-corrected chi connectivity index (χ0v) is 18.6. The van der Waals surface area contributed by atoms with E-state index < -0.39 is 0 Å². The summed E-state index contributed by atoms with van der Waals surface area (Å²) in [7, 11) is 1.89. The third-order valence-electron chi connectivity index (χ3n) is 6.00. The van der Waals surface area contributed by atoms with Crippen LogP contribution < -0.4 is 4.74 Å². The molecule has 5 aromatic rings. The summed E-state index contributed by atoms with van der Waals surface area (Å²) in [6.07, 6.45) is 0. The van der Waals surface area contributed by atoms with Gasteiger partial charge in [-0.1, -0.05) is 12.1 Å². The molecule has 6 rings (SSSR count). The molecule has 2 aromatic carbocycles. The van der Waals surface area contributed by atoms with Crippen LogP contribution >= 0.6 is 11.3 Å². The number of imidazole rings is 1. The molecular formula is C24H21N5O2S. The third kappa shape index (κ3) is 3.06. The zero-order chi connectivity index (χ0) is 21.8. The summed E-state index contributed by atoms with van der Waals surface area (Å²) < 4.78 is 8.87. The van der Waals surface area contributed by atoms with Gasteiger partial charge < -0.3 is 19.2 Å². The van der Waals surface area contributed by atoms with E-state index in [1.807, 2.05) is 41.6 Å². The van der Waals surface area contributed by atoms with Crippen molar-refractivity contribution in [2.75, 3.05) is 13.2 Å². The average Bonchev–Trinajstić information content (AvgIpc) is 3.43. The van der Waals surface area contributed by atoms with Crippen molar-refractivity contribution in [2.24, 2.45) is 7.05 Å². The SMILES string of the molecule is Cc1nc2ccc(-c3ccc4c(c3)CN(C(=O)c3cc5scnc5n3C)CCO4)cc2[nH]1. The van der Waals surface area contributed by atoms with E-state index in [0.717, 1.165) is 49.6 Å². The van der Waals surface area contributed by atoms with E-state index in [4.69, 9.17) is 4.74 Å². The highest BCUT2D eigenvalue weighted by molar-refractivity contribution is 7.16. The number of thiazole rings is 1. The molecule has 160 valence electrons. The van der Waals surface area contributed by atoms with Crippen molar-refractivity contribution >= 4 is 38.6 Å². The third-order valence-corrected chi connectivity index (χ3v) is 6.77. The molecule has 0 fully saturated rings. The second kappa shape index (κ2) is 7.20. The fourth-order valence-corrected chi connectivity index (χ4v) is 5.11. The molecule has 1 amide bonds. The van der Waals surface area contributed by atoms with Crippen LogP contribution in [-0.2, 0) is 13.6 Å². The summed E-state index contributed by atoms with van der Waals surface area (Å²) in [4.78, 5) is 27.4. The fraction of sp³-hybridized carbons (Fsp3) is 0.208. The van der Waals surface area contributed by atoms with Gasteiger partial charge in [0.25, 0.3) is 5.91 Å². The standard InChI is InChI=1S/C24H21N5O2S/c1-14-26-18-5-3-16(10-19(18)27-14)15-4-6-21-17(9-15)12-29(7-8-31-21)24(30)20-11-22-23(28(20)2)25-13-32-22/h3-6,9-11,13H,7-8,12H2,1-2H3,(H,26,27). The first-order chi connectivity index (χ1) is 15.6. The summed E-state index contributed by atoms with van der Waals surface area (Å²) in [5, 5.41) is 0. The number of carbonyl (C=O) groups excluding carboxylic acids is 1. The lowest BCUT2D eigenvalue weighted by Gasteiger charge is -2.20. The summed E-state index contributed by atoms with van der Waals surface area (Å²) in [6, 6.07) is 14.3. The van der Waals surface area contributed by atoms with E-state index in [0.29, 0.717) is 25.4 Å². The minimum atomic E-state index is -0.00564. The Labute approximate surface area is 188 Å². The number of amides is 1. The molecule has 0 bridgehead atoms. The molecule has 0 saturated carbocycles. The first-order valence-electron chi connectivity index (χ1n) is 10.5. The Hall–Kier alpha value is -3.65. The van der Waals surface area contributed by atoms with E-state index in [9.17, 15) is 4.79 Å². The second-order valence-electron chi connectivity index (χ2n) is 8.08. The van der Waals surface area contributed by atoms with Gasteiger partial charge in [0.15, 0.2) is 5.65 Å². The quantitative estimate of drug-likeness (QED) is 0.435. The van der Waals surface area contributed by atoms with Gasteiger partial charge in [0.05, 0.1) is 27.8 Å². The molecule has 0 unspecified atom stereocenters. The van der Waals surface area contributed by atoms with E-state index in [1.165, 1.54) is 0 Å². The van der Waals surface area contributed by atoms with Gasteiger partial charge in [-0.05, 0) is 48.4 Å². The number of aryl methyl sites for hydroxylation is 2. The summed E-state index contributed by atoms with van der Waals surface area (Å²) in [5.74, 6) is 1.73. The van der Waals surface area contributed by atoms with E-state index in [1.54, 1.807) is 16.8 Å². The van der Waals surface area contributed by atoms with Gasteiger partial charge in [0.1, 0.15) is 23.9 Å². The molecule has 0 saturated heterocycles. The largest absolute Gasteiger partial charge is 0.491 e. The smallest absolute Gasteiger partial charge is 0.271 e. The Bertz CT molecular complexity index is 1500. The van der Waals surface area contributed by atoms with Gasteiger partial charge in [0.2, 0.25) is 0 Å². The molecule has 0 aliphatic carbocycles. The van der Waals surface area contributed by atoms with E-state index in [2.05, 4.69) is 39.2 Å². The molecular weight excluding hydrogens is 422 g/mol. The van der Waals surface area contributed by atoms with Gasteiger partial charge >= 0.3 is 0 Å². The number of carbonyl (C=O) groups is 1. The molecule has 0 spiro atoms. The van der Waals surface area contributed by atoms with Crippen LogP contribution in [0.2, 0.25) is 0 Å². The van der Waals surface area contributed by atoms with Crippen LogP contribution in [0.5, 0.6) is 5.75 Å². The minimum Gasteiger partial charge on any atom is -0.491 e. The van der Waals surface area contributed by atoms with Crippen LogP contribution in [0.25, 0.3) is 32.5 Å². The van der Waals surface area contributed by atoms with Gasteiger partial charge in [-0.25, -0.2) is 9.97 Å². The van der Waals surface area contributed by atoms with Gasteiger partial charge in [-0.15, -0.1) is 11.3 Å². The number of fused-ring (bicyclic) bond motifs is 3. The van der Waals surface area contributed by atoms with E-state index >= 15 is 0 Å². The highest BCUT2D eigenvalue weighted by atomic mass is 32.1. The fourth-order valence-electron chi connectivity index (χ4n) is 4.37. The Morgan fingerprint density at radius 2 is 2.00 bits per heavy atom. The lowest BCUT2D eigenvalue weighted by Crippen LogP contribution is -2.33. The van der Waals surface area contributed by atoms with Gasteiger partial charge in [0, 0.05) is 19.2 Å². The summed E-state index contributed by atoms with van der Waals surface area (Å²) >= 11 is 1.55. The van der Waals surface area contributed by atoms with Crippen LogP contribution in [0.4, 0.5) is 0 Å². The number of benzene rings is 2. The minimum absolute atomic E-state index is 0.00564. The van der Waals surface area contributed by atoms with Crippen molar-refractivity contribution in [3.63, 3.8) is 0 Å². The molecule has 7 nitrogen and oxygen atoms in total. The Morgan fingerprint density at radius 3 is 2.88 bits per heavy atom. The Morgan fingerprint density at radius 1 is 1.16 bits per heavy atom. The Kier molecular flexibility index (Phi) is 4.29. The molecule has 1 N–H and O–H groups in total. The normalized spacial score (nSPS) is 13.9. The van der Waals surface area contributed by atoms with Crippen molar-refractivity contribution in [1.82, 2.24) is 24.4 Å². The Balaban J connectivity index is 1.34. The summed E-state index contributed by atoms with van der Waals surface area (Å²) in [6.45, 7) is 3.46. The topological polar surface area (TPSA) is 76.0 Å². The van der Waals surface area contributed by atoms with Crippen LogP contribution in [0.15, 0.2) is 48.0 Å².